The normalized spacial score (nSPS) is 38.4. The molecule has 0 unspecified atom stereocenters. The van der Waals surface area contributed by atoms with Crippen molar-refractivity contribution in [3.8, 4) is 11.3 Å². The average Bonchev–Trinajstić information content (AvgIpc) is 3.39. The van der Waals surface area contributed by atoms with Gasteiger partial charge in [-0.05, 0) is 91.2 Å². The molecule has 2 aromatic heterocycles. The lowest BCUT2D eigenvalue weighted by molar-refractivity contribution is -0.302. The molecule has 7 heterocycles. The molecule has 0 spiro atoms. The predicted octanol–water partition coefficient (Wildman–Crippen LogP) is 4.89. The summed E-state index contributed by atoms with van der Waals surface area (Å²) < 4.78 is 39.9. The summed E-state index contributed by atoms with van der Waals surface area (Å²) in [6.45, 7) is 16.5. The first-order chi connectivity index (χ1) is 29.9. The number of aliphatic imine (C=N–C) groups is 1. The number of likely N-dealkylation sites (N-methyl/N-ethyl adjacent to an activating group) is 1. The number of esters is 1. The minimum absolute atomic E-state index is 0.00647. The van der Waals surface area contributed by atoms with E-state index in [1.165, 1.54) is 0 Å². The van der Waals surface area contributed by atoms with Crippen LogP contribution in [-0.4, -0.2) is 149 Å². The number of carbonyl (C=O) groups excluding carboxylic acids is 2. The summed E-state index contributed by atoms with van der Waals surface area (Å²) in [7, 11) is 3.87. The summed E-state index contributed by atoms with van der Waals surface area (Å²) in [5, 5.41) is 16.4. The number of nitrogen functional groups attached to an aromatic ring is 1. The molecule has 17 nitrogen and oxygen atoms in total. The van der Waals surface area contributed by atoms with Crippen LogP contribution < -0.4 is 5.73 Å². The lowest BCUT2D eigenvalue weighted by Crippen LogP contribution is -2.60. The topological polar surface area (TPSA) is 202 Å². The van der Waals surface area contributed by atoms with Crippen LogP contribution in [0.1, 0.15) is 80.3 Å². The van der Waals surface area contributed by atoms with Crippen molar-refractivity contribution in [3.05, 3.63) is 42.2 Å². The quantitative estimate of drug-likeness (QED) is 0.268. The highest BCUT2D eigenvalue weighted by molar-refractivity contribution is 5.91. The first-order valence-electron chi connectivity index (χ1n) is 22.4. The van der Waals surface area contributed by atoms with E-state index in [0.29, 0.717) is 55.3 Å². The molecule has 5 aliphatic heterocycles. The maximum atomic E-state index is 14.6. The van der Waals surface area contributed by atoms with E-state index >= 15 is 0 Å². The van der Waals surface area contributed by atoms with E-state index in [2.05, 4.69) is 24.0 Å². The van der Waals surface area contributed by atoms with Gasteiger partial charge in [-0.25, -0.2) is 14.8 Å². The monoisotopic (exact) mass is 877 g/mol. The number of cyclic esters (lactones) is 1. The Morgan fingerprint density at radius 1 is 1.06 bits per heavy atom. The molecule has 4 fully saturated rings. The van der Waals surface area contributed by atoms with Crippen LogP contribution in [0.25, 0.3) is 11.3 Å². The fraction of sp³-hybridized carbons (Fsp3) is 0.696. The van der Waals surface area contributed by atoms with Crippen molar-refractivity contribution in [2.24, 2.45) is 33.8 Å². The van der Waals surface area contributed by atoms with E-state index < -0.39 is 71.8 Å². The van der Waals surface area contributed by atoms with Crippen LogP contribution in [0.3, 0.4) is 0 Å². The molecule has 63 heavy (non-hydrogen) atoms. The summed E-state index contributed by atoms with van der Waals surface area (Å²) in [5.74, 6) is -1.93. The summed E-state index contributed by atoms with van der Waals surface area (Å²) >= 11 is 0. The number of hydrogen-bond donors (Lipinski definition) is 2. The minimum Gasteiger partial charge on any atom is -0.458 e. The van der Waals surface area contributed by atoms with Crippen molar-refractivity contribution in [1.82, 2.24) is 19.8 Å². The van der Waals surface area contributed by atoms with Crippen LogP contribution in [0.15, 0.2) is 46.7 Å². The Hall–Kier alpha value is -4.26. The molecule has 2 aromatic rings. The molecule has 0 aliphatic carbocycles. The summed E-state index contributed by atoms with van der Waals surface area (Å²) in [6, 6.07) is 8.53. The Kier molecular flexibility index (Phi) is 14.1. The Morgan fingerprint density at radius 3 is 2.56 bits per heavy atom. The van der Waals surface area contributed by atoms with Gasteiger partial charge in [-0.1, -0.05) is 38.9 Å². The summed E-state index contributed by atoms with van der Waals surface area (Å²) in [6.07, 6.45) is -1.93. The third-order valence-electron chi connectivity index (χ3n) is 13.9. The third-order valence-corrected chi connectivity index (χ3v) is 13.9. The highest BCUT2D eigenvalue weighted by Crippen LogP contribution is 2.45. The molecule has 4 bridgehead atoms. The fourth-order valence-electron chi connectivity index (χ4n) is 10.7. The Morgan fingerprint density at radius 2 is 1.84 bits per heavy atom. The number of ether oxygens (including phenoxy) is 6. The number of anilines is 1. The SMILES string of the molecule is CC[C@@H]1OC(=O)[C@H](C)[C@H]2OCC(=NOCc3cccc(-c4ccc(N)nc4)n3)CO[C@](C)(C[C@@H](C)C3=NCCN4C(=O)O[C@@]1(C)[C@H]4[C@H]3C)[C@@H](O[C@H]1O[C@@H](C)C[C@@H](N(C)C)[C@@H]1O)[C@@H]2C. The average molecular weight is 878 g/mol. The Labute approximate surface area is 371 Å². The maximum Gasteiger partial charge on any atom is 0.410 e. The van der Waals surface area contributed by atoms with Crippen LogP contribution >= 0.6 is 0 Å². The van der Waals surface area contributed by atoms with Gasteiger partial charge in [-0.15, -0.1) is 0 Å². The number of hydrogen-bond acceptors (Lipinski definition) is 16. The molecule has 0 aromatic carbocycles. The van der Waals surface area contributed by atoms with E-state index in [4.69, 9.17) is 49.0 Å². The van der Waals surface area contributed by atoms with E-state index in [9.17, 15) is 14.7 Å². The van der Waals surface area contributed by atoms with Crippen LogP contribution in [0.4, 0.5) is 10.6 Å². The summed E-state index contributed by atoms with van der Waals surface area (Å²) in [4.78, 5) is 52.0. The highest BCUT2D eigenvalue weighted by Gasteiger charge is 2.60. The lowest BCUT2D eigenvalue weighted by atomic mass is 9.72. The second-order valence-corrected chi connectivity index (χ2v) is 18.8. The van der Waals surface area contributed by atoms with Crippen molar-refractivity contribution in [2.75, 3.05) is 46.1 Å². The van der Waals surface area contributed by atoms with Gasteiger partial charge in [0.2, 0.25) is 0 Å². The number of aliphatic hydroxyl groups is 1. The number of nitrogens with two attached hydrogens (primary N) is 1. The summed E-state index contributed by atoms with van der Waals surface area (Å²) in [5.41, 5.74) is 7.04. The number of carbonyl (C=O) groups is 2. The third kappa shape index (κ3) is 9.59. The van der Waals surface area contributed by atoms with Gasteiger partial charge in [0.05, 0.1) is 67.0 Å². The van der Waals surface area contributed by atoms with Crippen molar-refractivity contribution in [2.45, 2.75) is 141 Å². The number of pyridine rings is 2. The zero-order valence-corrected chi connectivity index (χ0v) is 38.4. The Balaban J connectivity index is 1.28. The molecule has 5 aliphatic rings. The number of fused-ring (bicyclic) bond motifs is 4. The molecule has 7 rings (SSSR count). The zero-order valence-electron chi connectivity index (χ0n) is 38.4. The second kappa shape index (κ2) is 19.1. The van der Waals surface area contributed by atoms with E-state index in [1.54, 1.807) is 24.1 Å². The molecule has 1 amide bonds. The van der Waals surface area contributed by atoms with Crippen molar-refractivity contribution in [1.29, 1.82) is 0 Å². The van der Waals surface area contributed by atoms with Crippen LogP contribution in [0.5, 0.6) is 0 Å². The van der Waals surface area contributed by atoms with Crippen molar-refractivity contribution < 1.29 is 48.0 Å². The molecule has 17 heteroatoms. The predicted molar refractivity (Wildman–Crippen MR) is 235 cm³/mol. The van der Waals surface area contributed by atoms with Crippen LogP contribution in [0, 0.1) is 23.7 Å². The van der Waals surface area contributed by atoms with E-state index in [-0.39, 0.29) is 43.8 Å². The highest BCUT2D eigenvalue weighted by atomic mass is 16.7. The number of aliphatic hydroxyl groups excluding tert-OH is 1. The molecular formula is C46H67N7O10. The van der Waals surface area contributed by atoms with Gasteiger partial charge in [0, 0.05) is 41.9 Å². The van der Waals surface area contributed by atoms with Gasteiger partial charge in [-0.3, -0.25) is 14.7 Å². The van der Waals surface area contributed by atoms with Crippen molar-refractivity contribution in [3.63, 3.8) is 0 Å². The number of nitrogens with zero attached hydrogens (tertiary/aromatic N) is 6. The fourth-order valence-corrected chi connectivity index (χ4v) is 10.7. The van der Waals surface area contributed by atoms with Gasteiger partial charge in [0.25, 0.3) is 0 Å². The molecule has 14 atom stereocenters. The molecular weight excluding hydrogens is 811 g/mol. The Bertz CT molecular complexity index is 2000. The molecule has 3 N–H and O–H groups in total. The molecule has 346 valence electrons. The van der Waals surface area contributed by atoms with Gasteiger partial charge >= 0.3 is 12.1 Å². The maximum absolute atomic E-state index is 14.6. The van der Waals surface area contributed by atoms with Crippen molar-refractivity contribution >= 4 is 29.3 Å². The number of aromatic nitrogens is 2. The smallest absolute Gasteiger partial charge is 0.410 e. The van der Waals surface area contributed by atoms with Gasteiger partial charge in [0.15, 0.2) is 18.5 Å². The first-order valence-corrected chi connectivity index (χ1v) is 22.4. The first kappa shape index (κ1) is 46.7. The largest absolute Gasteiger partial charge is 0.458 e. The van der Waals surface area contributed by atoms with Crippen LogP contribution in [0.2, 0.25) is 0 Å². The molecule has 4 saturated heterocycles. The number of oxime groups is 1. The molecule has 0 saturated carbocycles. The molecule has 0 radical (unpaired) electrons. The van der Waals surface area contributed by atoms with E-state index in [0.717, 1.165) is 11.3 Å². The van der Waals surface area contributed by atoms with Crippen LogP contribution in [-0.2, 0) is 44.7 Å². The lowest BCUT2D eigenvalue weighted by Gasteiger charge is -2.48. The standard InChI is InChI=1S/C46H67N7O10/c1-11-35-46(8)40-27(4)37(48-17-18-53(40)44(56)63-46)25(2)20-45(7)41(62-43-38(54)34(52(9)10)19-26(3)60-43)28(5)39(29(6)42(55)61-35)57-22-32(23-58-45)51-59-24-31-13-12-14-33(50-31)30-15-16-36(47)49-21-30/h12-16,21,25-29,34-35,38-41,43,54H,11,17-20,22-24H2,1-10H3,(H2,47,49)/t25-,26+,27+,28-,29-,34-,35+,38+,39+,40-,41+,43-,45-,46-/m1/s1. The van der Waals surface area contributed by atoms with Gasteiger partial charge in [0.1, 0.15) is 23.7 Å². The number of amides is 1. The second-order valence-electron chi connectivity index (χ2n) is 18.8. The minimum atomic E-state index is -1.15. The number of rotatable bonds is 8. The van der Waals surface area contributed by atoms with E-state index in [1.807, 2.05) is 77.9 Å². The zero-order chi connectivity index (χ0) is 45.4. The van der Waals surface area contributed by atoms with Gasteiger partial charge in [-0.2, -0.15) is 0 Å². The van der Waals surface area contributed by atoms with Gasteiger partial charge < -0.3 is 49.0 Å².